The number of benzene rings is 1. The predicted molar refractivity (Wildman–Crippen MR) is 60.3 cm³/mol. The number of sulfonamides is 1. The first kappa shape index (κ1) is 13.4. The number of nitrogens with two attached hydrogens (primary N) is 1. The van der Waals surface area contributed by atoms with Gasteiger partial charge in [-0.15, -0.1) is 0 Å². The van der Waals surface area contributed by atoms with Crippen molar-refractivity contribution >= 4 is 21.6 Å². The lowest BCUT2D eigenvalue weighted by Crippen LogP contribution is -2.31. The molecule has 0 fully saturated rings. The van der Waals surface area contributed by atoms with Gasteiger partial charge >= 0.3 is 0 Å². The Labute approximate surface area is 98.9 Å². The monoisotopic (exact) mass is 266 g/mol. The molecule has 0 aromatic heterocycles. The Balaban J connectivity index is 3.17. The molecular weight excluding hydrogens is 255 g/mol. The summed E-state index contributed by atoms with van der Waals surface area (Å²) in [5, 5.41) is -0.135. The van der Waals surface area contributed by atoms with Crippen molar-refractivity contribution in [2.45, 2.75) is 4.90 Å². The largest absolute Gasteiger partial charge is 0.329 e. The Hall–Kier alpha value is -0.690. The maximum atomic E-state index is 12.8. The number of halogens is 2. The molecule has 90 valence electrons. The van der Waals surface area contributed by atoms with Crippen molar-refractivity contribution in [3.63, 3.8) is 0 Å². The Morgan fingerprint density at radius 3 is 2.62 bits per heavy atom. The van der Waals surface area contributed by atoms with Gasteiger partial charge in [0.05, 0.1) is 5.02 Å². The first-order chi connectivity index (χ1) is 7.39. The van der Waals surface area contributed by atoms with Crippen molar-refractivity contribution < 1.29 is 12.8 Å². The van der Waals surface area contributed by atoms with Crippen LogP contribution in [0.2, 0.25) is 5.02 Å². The van der Waals surface area contributed by atoms with Gasteiger partial charge in [-0.05, 0) is 18.2 Å². The fourth-order valence-corrected chi connectivity index (χ4v) is 2.84. The van der Waals surface area contributed by atoms with E-state index in [0.717, 1.165) is 22.5 Å². The van der Waals surface area contributed by atoms with Crippen LogP contribution in [-0.4, -0.2) is 32.9 Å². The van der Waals surface area contributed by atoms with Gasteiger partial charge in [-0.25, -0.2) is 12.8 Å². The van der Waals surface area contributed by atoms with Crippen LogP contribution in [0.3, 0.4) is 0 Å². The van der Waals surface area contributed by atoms with E-state index in [4.69, 9.17) is 17.3 Å². The van der Waals surface area contributed by atoms with Crippen molar-refractivity contribution in [1.29, 1.82) is 0 Å². The van der Waals surface area contributed by atoms with E-state index in [9.17, 15) is 12.8 Å². The molecule has 0 atom stereocenters. The van der Waals surface area contributed by atoms with Gasteiger partial charge in [-0.1, -0.05) is 11.6 Å². The molecule has 0 heterocycles. The van der Waals surface area contributed by atoms with Gasteiger partial charge < -0.3 is 5.73 Å². The zero-order valence-corrected chi connectivity index (χ0v) is 10.2. The van der Waals surface area contributed by atoms with E-state index in [-0.39, 0.29) is 23.0 Å². The molecule has 0 spiro atoms. The van der Waals surface area contributed by atoms with Gasteiger partial charge in [0.1, 0.15) is 10.7 Å². The van der Waals surface area contributed by atoms with Crippen LogP contribution >= 0.6 is 11.6 Å². The minimum Gasteiger partial charge on any atom is -0.329 e. The van der Waals surface area contributed by atoms with Gasteiger partial charge in [-0.2, -0.15) is 4.31 Å². The van der Waals surface area contributed by atoms with E-state index in [0.29, 0.717) is 0 Å². The summed E-state index contributed by atoms with van der Waals surface area (Å²) < 4.78 is 37.7. The Kier molecular flexibility index (Phi) is 4.26. The van der Waals surface area contributed by atoms with E-state index in [1.54, 1.807) is 0 Å². The van der Waals surface area contributed by atoms with Crippen molar-refractivity contribution in [2.75, 3.05) is 20.1 Å². The van der Waals surface area contributed by atoms with E-state index < -0.39 is 15.8 Å². The summed E-state index contributed by atoms with van der Waals surface area (Å²) in [6, 6.07) is 3.15. The van der Waals surface area contributed by atoms with Gasteiger partial charge in [0.25, 0.3) is 0 Å². The average Bonchev–Trinajstić information content (AvgIpc) is 2.17. The van der Waals surface area contributed by atoms with E-state index in [1.165, 1.54) is 7.05 Å². The topological polar surface area (TPSA) is 63.4 Å². The second-order valence-electron chi connectivity index (χ2n) is 3.19. The summed E-state index contributed by atoms with van der Waals surface area (Å²) in [7, 11) is -2.30. The van der Waals surface area contributed by atoms with E-state index >= 15 is 0 Å². The van der Waals surface area contributed by atoms with Crippen LogP contribution in [0.15, 0.2) is 23.1 Å². The maximum Gasteiger partial charge on any atom is 0.244 e. The molecule has 16 heavy (non-hydrogen) atoms. The molecule has 2 N–H and O–H groups in total. The van der Waals surface area contributed by atoms with Crippen LogP contribution < -0.4 is 5.73 Å². The molecule has 1 aromatic rings. The lowest BCUT2D eigenvalue weighted by molar-refractivity contribution is 0.476. The molecule has 0 amide bonds. The molecule has 0 bridgehead atoms. The lowest BCUT2D eigenvalue weighted by Gasteiger charge is -2.16. The Bertz CT molecular complexity index is 478. The third-order valence-corrected chi connectivity index (χ3v) is 4.37. The molecule has 0 unspecified atom stereocenters. The van der Waals surface area contributed by atoms with Gasteiger partial charge in [0.2, 0.25) is 10.0 Å². The number of likely N-dealkylation sites (N-methyl/N-ethyl adjacent to an activating group) is 1. The molecule has 7 heteroatoms. The average molecular weight is 267 g/mol. The SMILES string of the molecule is CN(CCN)S(=O)(=O)c1ccc(F)cc1Cl. The highest BCUT2D eigenvalue weighted by atomic mass is 35.5. The number of rotatable bonds is 4. The minimum atomic E-state index is -3.69. The smallest absolute Gasteiger partial charge is 0.244 e. The summed E-state index contributed by atoms with van der Waals surface area (Å²) in [6.07, 6.45) is 0. The molecular formula is C9H12ClFN2O2S. The first-order valence-electron chi connectivity index (χ1n) is 4.51. The van der Waals surface area contributed by atoms with Crippen LogP contribution in [0, 0.1) is 5.82 Å². The summed E-state index contributed by atoms with van der Waals surface area (Å²) in [5.41, 5.74) is 5.27. The number of hydrogen-bond donors (Lipinski definition) is 1. The molecule has 0 aliphatic carbocycles. The quantitative estimate of drug-likeness (QED) is 0.886. The standard InChI is InChI=1S/C9H12ClFN2O2S/c1-13(5-4-12)16(14,15)9-3-2-7(11)6-8(9)10/h2-3,6H,4-5,12H2,1H3. The zero-order chi connectivity index (χ0) is 12.3. The number of nitrogens with zero attached hydrogens (tertiary/aromatic N) is 1. The van der Waals surface area contributed by atoms with Crippen molar-refractivity contribution in [3.05, 3.63) is 29.0 Å². The first-order valence-corrected chi connectivity index (χ1v) is 6.33. The molecule has 0 aliphatic heterocycles. The normalized spacial score (nSPS) is 12.1. The summed E-state index contributed by atoms with van der Waals surface area (Å²) in [4.78, 5) is -0.119. The van der Waals surface area contributed by atoms with Crippen molar-refractivity contribution in [1.82, 2.24) is 4.31 Å². The summed E-state index contributed by atoms with van der Waals surface area (Å²) in [5.74, 6) is -0.578. The molecule has 0 saturated carbocycles. The molecule has 1 aromatic carbocycles. The molecule has 1 rings (SSSR count). The highest BCUT2D eigenvalue weighted by Crippen LogP contribution is 2.24. The van der Waals surface area contributed by atoms with Crippen LogP contribution in [0.1, 0.15) is 0 Å². The van der Waals surface area contributed by atoms with Gasteiger partial charge in [-0.3, -0.25) is 0 Å². The molecule has 0 radical (unpaired) electrons. The van der Waals surface area contributed by atoms with Crippen LogP contribution in [-0.2, 0) is 10.0 Å². The Morgan fingerprint density at radius 2 is 2.12 bits per heavy atom. The van der Waals surface area contributed by atoms with E-state index in [2.05, 4.69) is 0 Å². The highest BCUT2D eigenvalue weighted by Gasteiger charge is 2.23. The molecule has 0 saturated heterocycles. The zero-order valence-electron chi connectivity index (χ0n) is 8.65. The third-order valence-electron chi connectivity index (χ3n) is 2.03. The fourth-order valence-electron chi connectivity index (χ4n) is 1.15. The van der Waals surface area contributed by atoms with Crippen molar-refractivity contribution in [2.24, 2.45) is 5.73 Å². The van der Waals surface area contributed by atoms with Crippen LogP contribution in [0.4, 0.5) is 4.39 Å². The second kappa shape index (κ2) is 5.09. The third kappa shape index (κ3) is 2.70. The molecule has 4 nitrogen and oxygen atoms in total. The van der Waals surface area contributed by atoms with E-state index in [1.807, 2.05) is 0 Å². The van der Waals surface area contributed by atoms with Gasteiger partial charge in [0, 0.05) is 20.1 Å². The number of hydrogen-bond acceptors (Lipinski definition) is 3. The van der Waals surface area contributed by atoms with Crippen LogP contribution in [0.5, 0.6) is 0 Å². The summed E-state index contributed by atoms with van der Waals surface area (Å²) >= 11 is 5.68. The maximum absolute atomic E-state index is 12.8. The minimum absolute atomic E-state index is 0.119. The Morgan fingerprint density at radius 1 is 1.50 bits per heavy atom. The van der Waals surface area contributed by atoms with Crippen molar-refractivity contribution in [3.8, 4) is 0 Å². The van der Waals surface area contributed by atoms with Crippen LogP contribution in [0.25, 0.3) is 0 Å². The fraction of sp³-hybridized carbons (Fsp3) is 0.333. The second-order valence-corrected chi connectivity index (χ2v) is 5.61. The van der Waals surface area contributed by atoms with Gasteiger partial charge in [0.15, 0.2) is 0 Å². The summed E-state index contributed by atoms with van der Waals surface area (Å²) in [6.45, 7) is 0.380. The highest BCUT2D eigenvalue weighted by molar-refractivity contribution is 7.89. The molecule has 0 aliphatic rings. The lowest BCUT2D eigenvalue weighted by atomic mass is 10.3. The predicted octanol–water partition coefficient (Wildman–Crippen LogP) is 1.06.